The lowest BCUT2D eigenvalue weighted by Crippen LogP contribution is -2.38. The first kappa shape index (κ1) is 24.0. The molecular formula is C23H29ClN2O3S2. The van der Waals surface area contributed by atoms with Gasteiger partial charge in [-0.05, 0) is 49.3 Å². The summed E-state index contributed by atoms with van der Waals surface area (Å²) in [6, 6.07) is 5.32. The van der Waals surface area contributed by atoms with E-state index in [1.807, 2.05) is 0 Å². The zero-order valence-corrected chi connectivity index (χ0v) is 21.0. The Labute approximate surface area is 198 Å². The highest BCUT2D eigenvalue weighted by Crippen LogP contribution is 2.35. The zero-order valence-electron chi connectivity index (χ0n) is 18.7. The number of carbonyl (C=O) groups is 1. The Morgan fingerprint density at radius 2 is 2.00 bits per heavy atom. The molecule has 0 aliphatic heterocycles. The molecule has 1 saturated carbocycles. The summed E-state index contributed by atoms with van der Waals surface area (Å²) >= 11 is 13.5. The van der Waals surface area contributed by atoms with Crippen molar-refractivity contribution < 1.29 is 14.3 Å². The maximum Gasteiger partial charge on any atom is 0.303 e. The minimum Gasteiger partial charge on any atom is -0.496 e. The third-order valence-electron chi connectivity index (χ3n) is 5.38. The summed E-state index contributed by atoms with van der Waals surface area (Å²) in [5.41, 5.74) is 0.143. The smallest absolute Gasteiger partial charge is 0.303 e. The molecule has 1 aliphatic rings. The Morgan fingerprint density at radius 3 is 2.58 bits per heavy atom. The van der Waals surface area contributed by atoms with Crippen LogP contribution in [-0.2, 0) is 21.5 Å². The van der Waals surface area contributed by atoms with Crippen LogP contribution >= 0.6 is 35.2 Å². The van der Waals surface area contributed by atoms with Crippen molar-refractivity contribution in [3.05, 3.63) is 44.7 Å². The number of esters is 1. The van der Waals surface area contributed by atoms with Gasteiger partial charge in [0.15, 0.2) is 4.80 Å². The number of methoxy groups -OCH3 is 1. The van der Waals surface area contributed by atoms with Gasteiger partial charge in [0.2, 0.25) is 0 Å². The van der Waals surface area contributed by atoms with Crippen LogP contribution in [0.4, 0.5) is 0 Å². The summed E-state index contributed by atoms with van der Waals surface area (Å²) in [6.07, 6.45) is 5.92. The van der Waals surface area contributed by atoms with Crippen LogP contribution in [0, 0.1) is 0 Å². The van der Waals surface area contributed by atoms with E-state index >= 15 is 0 Å². The van der Waals surface area contributed by atoms with Crippen molar-refractivity contribution in [2.24, 2.45) is 4.99 Å². The average molecular weight is 481 g/mol. The van der Waals surface area contributed by atoms with E-state index in [1.54, 1.807) is 36.6 Å². The second-order valence-electron chi connectivity index (χ2n) is 9.00. The van der Waals surface area contributed by atoms with Gasteiger partial charge in [0.05, 0.1) is 19.2 Å². The van der Waals surface area contributed by atoms with E-state index in [0.717, 1.165) is 30.5 Å². The number of thiazole rings is 1. The van der Waals surface area contributed by atoms with Gasteiger partial charge in [0, 0.05) is 23.0 Å². The van der Waals surface area contributed by atoms with Gasteiger partial charge >= 0.3 is 5.97 Å². The van der Waals surface area contributed by atoms with Crippen molar-refractivity contribution in [3.63, 3.8) is 0 Å². The molecule has 0 amide bonds. The lowest BCUT2D eigenvalue weighted by atomic mass is 9.95. The second-order valence-corrected chi connectivity index (χ2v) is 10.8. The van der Waals surface area contributed by atoms with E-state index in [-0.39, 0.29) is 11.4 Å². The fourth-order valence-electron chi connectivity index (χ4n) is 3.85. The Bertz CT molecular complexity index is 1040. The van der Waals surface area contributed by atoms with Crippen LogP contribution in [-0.4, -0.2) is 28.2 Å². The molecule has 0 spiro atoms. The SMILES string of the molecule is COc1ccc(Cl)cc1C(=S)/N=c1\sc(C(C)(C)C)cn1CC1(OC(C)=O)CCCC1. The molecule has 0 saturated heterocycles. The summed E-state index contributed by atoms with van der Waals surface area (Å²) < 4.78 is 13.4. The standard InChI is InChI=1S/C23H29ClN2O3S2/c1-15(27)29-23(10-6-7-11-23)14-26-13-19(22(2,3)4)31-21(26)25-20(30)17-12-16(24)8-9-18(17)28-5/h8-9,12-13H,6-7,10-11,14H2,1-5H3/b25-21-. The van der Waals surface area contributed by atoms with Gasteiger partial charge in [-0.15, -0.1) is 11.3 Å². The Morgan fingerprint density at radius 1 is 1.32 bits per heavy atom. The number of hydrogen-bond acceptors (Lipinski definition) is 5. The monoisotopic (exact) mass is 480 g/mol. The number of nitrogens with zero attached hydrogens (tertiary/aromatic N) is 2. The number of aromatic nitrogens is 1. The molecule has 0 bridgehead atoms. The summed E-state index contributed by atoms with van der Waals surface area (Å²) in [4.78, 5) is 19.0. The Kier molecular flexibility index (Phi) is 7.28. The largest absolute Gasteiger partial charge is 0.496 e. The molecule has 0 unspecified atom stereocenters. The van der Waals surface area contributed by atoms with E-state index in [4.69, 9.17) is 38.3 Å². The van der Waals surface area contributed by atoms with Crippen molar-refractivity contribution in [1.29, 1.82) is 0 Å². The number of halogens is 1. The van der Waals surface area contributed by atoms with Crippen LogP contribution in [0.15, 0.2) is 29.4 Å². The fourth-order valence-corrected chi connectivity index (χ4v) is 5.38. The van der Waals surface area contributed by atoms with E-state index in [2.05, 4.69) is 31.5 Å². The maximum atomic E-state index is 11.8. The molecule has 0 N–H and O–H groups in total. The van der Waals surface area contributed by atoms with Gasteiger partial charge in [-0.1, -0.05) is 44.6 Å². The molecule has 5 nitrogen and oxygen atoms in total. The summed E-state index contributed by atoms with van der Waals surface area (Å²) in [6.45, 7) is 8.55. The molecule has 1 aromatic heterocycles. The zero-order chi connectivity index (χ0) is 22.8. The highest BCUT2D eigenvalue weighted by molar-refractivity contribution is 7.80. The van der Waals surface area contributed by atoms with Gasteiger partial charge in [-0.3, -0.25) is 4.79 Å². The second kappa shape index (κ2) is 9.43. The van der Waals surface area contributed by atoms with Crippen LogP contribution in [0.5, 0.6) is 5.75 Å². The van der Waals surface area contributed by atoms with E-state index < -0.39 is 5.60 Å². The highest BCUT2D eigenvalue weighted by Gasteiger charge is 2.38. The molecule has 1 heterocycles. The first-order chi connectivity index (χ1) is 14.5. The predicted octanol–water partition coefficient (Wildman–Crippen LogP) is 5.66. The molecule has 0 radical (unpaired) electrons. The minimum absolute atomic E-state index is 0.0418. The number of carbonyl (C=O) groups excluding carboxylic acids is 1. The Hall–Kier alpha value is -1.70. The molecule has 0 atom stereocenters. The van der Waals surface area contributed by atoms with Gasteiger partial charge in [-0.25, -0.2) is 4.99 Å². The molecule has 1 aliphatic carbocycles. The van der Waals surface area contributed by atoms with Gasteiger partial charge < -0.3 is 14.0 Å². The number of hydrogen-bond donors (Lipinski definition) is 0. The van der Waals surface area contributed by atoms with E-state index in [9.17, 15) is 4.79 Å². The van der Waals surface area contributed by atoms with E-state index in [1.165, 1.54) is 11.8 Å². The number of ether oxygens (including phenoxy) is 2. The Balaban J connectivity index is 2.07. The fraction of sp³-hybridized carbons (Fsp3) is 0.522. The normalized spacial score (nSPS) is 16.4. The first-order valence-corrected chi connectivity index (χ1v) is 12.0. The molecule has 3 rings (SSSR count). The lowest BCUT2D eigenvalue weighted by molar-refractivity contribution is -0.158. The van der Waals surface area contributed by atoms with Crippen molar-refractivity contribution in [1.82, 2.24) is 4.57 Å². The van der Waals surface area contributed by atoms with Gasteiger partial charge in [0.25, 0.3) is 0 Å². The topological polar surface area (TPSA) is 52.8 Å². The molecule has 2 aromatic rings. The van der Waals surface area contributed by atoms with Crippen LogP contribution in [0.1, 0.15) is 63.8 Å². The quantitative estimate of drug-likeness (QED) is 0.409. The number of thiocarbonyl (C=S) groups is 1. The van der Waals surface area contributed by atoms with Crippen molar-refractivity contribution >= 4 is 46.1 Å². The van der Waals surface area contributed by atoms with Crippen molar-refractivity contribution in [2.75, 3.05) is 7.11 Å². The van der Waals surface area contributed by atoms with Crippen LogP contribution in [0.3, 0.4) is 0 Å². The number of benzene rings is 1. The number of rotatable bonds is 5. The molecule has 168 valence electrons. The third kappa shape index (κ3) is 5.76. The van der Waals surface area contributed by atoms with E-state index in [0.29, 0.717) is 27.9 Å². The van der Waals surface area contributed by atoms with Crippen molar-refractivity contribution in [3.8, 4) is 5.75 Å². The molecule has 1 fully saturated rings. The highest BCUT2D eigenvalue weighted by atomic mass is 35.5. The van der Waals surface area contributed by atoms with Gasteiger partial charge in [-0.2, -0.15) is 0 Å². The van der Waals surface area contributed by atoms with Crippen molar-refractivity contribution in [2.45, 2.75) is 70.9 Å². The maximum absolute atomic E-state index is 11.8. The first-order valence-electron chi connectivity index (χ1n) is 10.4. The average Bonchev–Trinajstić information content (AvgIpc) is 3.28. The van der Waals surface area contributed by atoms with Crippen LogP contribution < -0.4 is 9.54 Å². The van der Waals surface area contributed by atoms with Crippen LogP contribution in [0.25, 0.3) is 0 Å². The summed E-state index contributed by atoms with van der Waals surface area (Å²) in [5, 5.41) is 0.572. The predicted molar refractivity (Wildman–Crippen MR) is 129 cm³/mol. The lowest BCUT2D eigenvalue weighted by Gasteiger charge is -2.29. The summed E-state index contributed by atoms with van der Waals surface area (Å²) in [5.74, 6) is 0.385. The van der Waals surface area contributed by atoms with Crippen LogP contribution in [0.2, 0.25) is 5.02 Å². The minimum atomic E-state index is -0.494. The summed E-state index contributed by atoms with van der Waals surface area (Å²) in [7, 11) is 1.60. The molecule has 31 heavy (non-hydrogen) atoms. The van der Waals surface area contributed by atoms with Gasteiger partial charge in [0.1, 0.15) is 16.3 Å². The molecule has 1 aromatic carbocycles. The third-order valence-corrected chi connectivity index (χ3v) is 7.37. The molecular weight excluding hydrogens is 452 g/mol. The molecule has 8 heteroatoms.